The zero-order valence-electron chi connectivity index (χ0n) is 15.5. The molecule has 7 heteroatoms. The molecule has 0 aromatic heterocycles. The molecule has 0 aliphatic carbocycles. The lowest BCUT2D eigenvalue weighted by Gasteiger charge is -2.15. The van der Waals surface area contributed by atoms with E-state index in [4.69, 9.17) is 12.2 Å². The van der Waals surface area contributed by atoms with E-state index in [0.717, 1.165) is 28.6 Å². The molecular weight excluding hydrogens is 395 g/mol. The Labute approximate surface area is 172 Å². The molecule has 28 heavy (non-hydrogen) atoms. The van der Waals surface area contributed by atoms with Gasteiger partial charge in [-0.2, -0.15) is 0 Å². The third-order valence-corrected chi connectivity index (χ3v) is 5.88. The normalized spacial score (nSPS) is 15.4. The lowest BCUT2D eigenvalue weighted by atomic mass is 10.1. The molecule has 0 atom stereocenters. The van der Waals surface area contributed by atoms with Crippen molar-refractivity contribution in [3.63, 3.8) is 0 Å². The fourth-order valence-electron chi connectivity index (χ4n) is 2.74. The number of hydrogen-bond donors (Lipinski definition) is 1. The van der Waals surface area contributed by atoms with Crippen LogP contribution in [0.1, 0.15) is 23.1 Å². The Morgan fingerprint density at radius 1 is 1.21 bits per heavy atom. The number of rotatable bonds is 5. The van der Waals surface area contributed by atoms with Crippen molar-refractivity contribution in [2.24, 2.45) is 0 Å². The van der Waals surface area contributed by atoms with Crippen molar-refractivity contribution in [3.8, 4) is 0 Å². The Morgan fingerprint density at radius 3 is 2.71 bits per heavy atom. The molecule has 0 bridgehead atoms. The van der Waals surface area contributed by atoms with Gasteiger partial charge in [-0.05, 0) is 43.2 Å². The number of thioether (sulfide) groups is 1. The predicted octanol–water partition coefficient (Wildman–Crippen LogP) is 4.67. The lowest BCUT2D eigenvalue weighted by molar-refractivity contribution is -0.122. The Kier molecular flexibility index (Phi) is 6.26. The van der Waals surface area contributed by atoms with Crippen LogP contribution in [0.4, 0.5) is 10.1 Å². The van der Waals surface area contributed by atoms with Crippen LogP contribution in [-0.2, 0) is 9.59 Å². The van der Waals surface area contributed by atoms with Crippen LogP contribution in [0.3, 0.4) is 0 Å². The van der Waals surface area contributed by atoms with Crippen LogP contribution in [0.15, 0.2) is 47.4 Å². The molecule has 4 nitrogen and oxygen atoms in total. The Morgan fingerprint density at radius 2 is 1.96 bits per heavy atom. The minimum atomic E-state index is -0.402. The number of aryl methyl sites for hydroxylation is 1. The summed E-state index contributed by atoms with van der Waals surface area (Å²) < 4.78 is 14.2. The highest BCUT2D eigenvalue weighted by molar-refractivity contribution is 8.26. The summed E-state index contributed by atoms with van der Waals surface area (Å²) in [6.45, 7) is 4.10. The molecule has 1 fully saturated rings. The largest absolute Gasteiger partial charge is 0.326 e. The summed E-state index contributed by atoms with van der Waals surface area (Å²) in [7, 11) is 0. The van der Waals surface area contributed by atoms with Gasteiger partial charge in [0.25, 0.3) is 5.91 Å². The molecule has 0 saturated carbocycles. The molecule has 1 N–H and O–H groups in total. The topological polar surface area (TPSA) is 49.4 Å². The highest BCUT2D eigenvalue weighted by Crippen LogP contribution is 2.33. The highest BCUT2D eigenvalue weighted by Gasteiger charge is 2.32. The molecule has 2 amide bonds. The Balaban J connectivity index is 1.64. The van der Waals surface area contributed by atoms with E-state index in [1.165, 1.54) is 17.0 Å². The van der Waals surface area contributed by atoms with Gasteiger partial charge in [-0.3, -0.25) is 14.5 Å². The number of nitrogens with zero attached hydrogens (tertiary/aromatic N) is 1. The predicted molar refractivity (Wildman–Crippen MR) is 115 cm³/mol. The highest BCUT2D eigenvalue weighted by atomic mass is 32.2. The molecular formula is C21H19FN2O2S2. The van der Waals surface area contributed by atoms with Crippen LogP contribution >= 0.6 is 24.0 Å². The summed E-state index contributed by atoms with van der Waals surface area (Å²) in [6.07, 6.45) is 1.61. The molecule has 0 unspecified atom stereocenters. The van der Waals surface area contributed by atoms with Crippen LogP contribution in [0, 0.1) is 19.7 Å². The molecule has 0 radical (unpaired) electrons. The molecule has 144 valence electrons. The first-order valence-corrected chi connectivity index (χ1v) is 9.95. The van der Waals surface area contributed by atoms with Gasteiger partial charge in [0.15, 0.2) is 0 Å². The number of nitrogens with one attached hydrogen (secondary N) is 1. The van der Waals surface area contributed by atoms with Crippen molar-refractivity contribution in [3.05, 3.63) is 69.9 Å². The van der Waals surface area contributed by atoms with Gasteiger partial charge in [-0.1, -0.05) is 54.3 Å². The molecule has 2 aromatic rings. The average molecular weight is 415 g/mol. The minimum absolute atomic E-state index is 0.118. The van der Waals surface area contributed by atoms with Gasteiger partial charge in [0.05, 0.1) is 4.91 Å². The van der Waals surface area contributed by atoms with E-state index < -0.39 is 5.82 Å². The third kappa shape index (κ3) is 4.48. The third-order valence-electron chi connectivity index (χ3n) is 4.51. The first-order chi connectivity index (χ1) is 13.4. The fourth-order valence-corrected chi connectivity index (χ4v) is 4.04. The lowest BCUT2D eigenvalue weighted by Crippen LogP contribution is -2.31. The van der Waals surface area contributed by atoms with Gasteiger partial charge < -0.3 is 5.32 Å². The van der Waals surface area contributed by atoms with Crippen molar-refractivity contribution in [2.75, 3.05) is 11.9 Å². The number of benzene rings is 2. The minimum Gasteiger partial charge on any atom is -0.326 e. The van der Waals surface area contributed by atoms with Crippen molar-refractivity contribution >= 4 is 51.9 Å². The van der Waals surface area contributed by atoms with Crippen LogP contribution < -0.4 is 5.32 Å². The Bertz CT molecular complexity index is 988. The van der Waals surface area contributed by atoms with Crippen molar-refractivity contribution in [1.29, 1.82) is 0 Å². The summed E-state index contributed by atoms with van der Waals surface area (Å²) in [5.41, 5.74) is 3.19. The standard InChI is InChI=1S/C21H19FN2O2S2/c1-13-6-5-9-17(14(13)2)23-19(25)10-11-24-20(26)18(28-21(24)27)12-15-7-3-4-8-16(15)22/h3-9,12H,10-11H2,1-2H3,(H,23,25). The van der Waals surface area contributed by atoms with Crippen LogP contribution in [-0.4, -0.2) is 27.6 Å². The van der Waals surface area contributed by atoms with E-state index in [1.807, 2.05) is 32.0 Å². The second kappa shape index (κ2) is 8.67. The van der Waals surface area contributed by atoms with Gasteiger partial charge in [-0.15, -0.1) is 0 Å². The monoisotopic (exact) mass is 414 g/mol. The van der Waals surface area contributed by atoms with Gasteiger partial charge >= 0.3 is 0 Å². The van der Waals surface area contributed by atoms with Crippen molar-refractivity contribution < 1.29 is 14.0 Å². The molecule has 1 saturated heterocycles. The van der Waals surface area contributed by atoms with E-state index in [1.54, 1.807) is 18.2 Å². The number of hydrogen-bond acceptors (Lipinski definition) is 4. The SMILES string of the molecule is Cc1cccc(NC(=O)CCN2C(=O)C(=Cc3ccccc3F)SC2=S)c1C. The number of carbonyl (C=O) groups is 2. The number of halogens is 1. The molecule has 0 spiro atoms. The van der Waals surface area contributed by atoms with E-state index in [0.29, 0.717) is 14.8 Å². The summed E-state index contributed by atoms with van der Waals surface area (Å²) in [4.78, 5) is 26.6. The second-order valence-electron chi connectivity index (χ2n) is 6.40. The second-order valence-corrected chi connectivity index (χ2v) is 8.08. The fraction of sp³-hybridized carbons (Fsp3) is 0.190. The van der Waals surface area contributed by atoms with E-state index >= 15 is 0 Å². The van der Waals surface area contributed by atoms with Crippen LogP contribution in [0.2, 0.25) is 0 Å². The molecule has 3 rings (SSSR count). The van der Waals surface area contributed by atoms with Crippen LogP contribution in [0.25, 0.3) is 6.08 Å². The number of anilines is 1. The van der Waals surface area contributed by atoms with Gasteiger partial charge in [0.1, 0.15) is 10.1 Å². The average Bonchev–Trinajstić information content (AvgIpc) is 2.92. The summed E-state index contributed by atoms with van der Waals surface area (Å²) >= 11 is 6.38. The molecule has 1 heterocycles. The maximum atomic E-state index is 13.8. The first kappa shape index (κ1) is 20.2. The number of amides is 2. The number of carbonyl (C=O) groups excluding carboxylic acids is 2. The Hall–Kier alpha value is -2.51. The van der Waals surface area contributed by atoms with Gasteiger partial charge in [-0.25, -0.2) is 4.39 Å². The quantitative estimate of drug-likeness (QED) is 0.570. The summed E-state index contributed by atoms with van der Waals surface area (Å²) in [5.74, 6) is -0.903. The smallest absolute Gasteiger partial charge is 0.266 e. The van der Waals surface area contributed by atoms with E-state index in [-0.39, 0.29) is 24.8 Å². The maximum absolute atomic E-state index is 13.8. The van der Waals surface area contributed by atoms with E-state index in [2.05, 4.69) is 5.32 Å². The molecule has 2 aromatic carbocycles. The zero-order valence-corrected chi connectivity index (χ0v) is 17.1. The van der Waals surface area contributed by atoms with Gasteiger partial charge in [0.2, 0.25) is 5.91 Å². The number of thiocarbonyl (C=S) groups is 1. The zero-order chi connectivity index (χ0) is 20.3. The maximum Gasteiger partial charge on any atom is 0.266 e. The van der Waals surface area contributed by atoms with Crippen LogP contribution in [0.5, 0.6) is 0 Å². The first-order valence-electron chi connectivity index (χ1n) is 8.73. The summed E-state index contributed by atoms with van der Waals surface area (Å²) in [5, 5.41) is 2.87. The van der Waals surface area contributed by atoms with E-state index in [9.17, 15) is 14.0 Å². The molecule has 1 aliphatic rings. The molecule has 1 aliphatic heterocycles. The van der Waals surface area contributed by atoms with Gasteiger partial charge in [0, 0.05) is 24.2 Å². The van der Waals surface area contributed by atoms with Crippen molar-refractivity contribution in [1.82, 2.24) is 4.90 Å². The summed E-state index contributed by atoms with van der Waals surface area (Å²) in [6, 6.07) is 11.9. The van der Waals surface area contributed by atoms with Crippen molar-refractivity contribution in [2.45, 2.75) is 20.3 Å².